The van der Waals surface area contributed by atoms with Crippen LogP contribution in [0.1, 0.15) is 11.1 Å². The Balaban J connectivity index is 1.23. The van der Waals surface area contributed by atoms with E-state index in [0.717, 1.165) is 83.4 Å². The van der Waals surface area contributed by atoms with E-state index in [4.69, 9.17) is 9.97 Å². The van der Waals surface area contributed by atoms with Crippen LogP contribution in [0, 0.1) is 22.7 Å². The Hall–Kier alpha value is -8.58. The van der Waals surface area contributed by atoms with Crippen LogP contribution in [0.5, 0.6) is 0 Å². The van der Waals surface area contributed by atoms with E-state index < -0.39 is 0 Å². The molecule has 0 N–H and O–H groups in total. The average Bonchev–Trinajstić information content (AvgIpc) is 3.83. The molecular weight excluding hydrogens is 733 g/mol. The molecule has 0 unspecified atom stereocenters. The minimum Gasteiger partial charge on any atom is -0.309 e. The molecule has 0 spiro atoms. The van der Waals surface area contributed by atoms with Crippen LogP contribution in [-0.2, 0) is 0 Å². The molecule has 11 rings (SSSR count). The van der Waals surface area contributed by atoms with Gasteiger partial charge in [0, 0.05) is 49.4 Å². The fourth-order valence-corrected chi connectivity index (χ4v) is 8.67. The van der Waals surface area contributed by atoms with Gasteiger partial charge < -0.3 is 9.13 Å². The van der Waals surface area contributed by atoms with Gasteiger partial charge in [-0.3, -0.25) is 0 Å². The molecule has 0 saturated heterocycles. The van der Waals surface area contributed by atoms with E-state index >= 15 is 0 Å². The van der Waals surface area contributed by atoms with Gasteiger partial charge in [0.1, 0.15) is 0 Å². The van der Waals surface area contributed by atoms with Crippen LogP contribution >= 0.6 is 0 Å². The first-order valence-corrected chi connectivity index (χ1v) is 19.8. The Labute approximate surface area is 345 Å². The Morgan fingerprint density at radius 2 is 0.833 bits per heavy atom. The van der Waals surface area contributed by atoms with E-state index in [0.29, 0.717) is 17.0 Å². The highest BCUT2D eigenvalue weighted by atomic mass is 15.0. The molecule has 0 aliphatic rings. The molecule has 3 aromatic heterocycles. The highest BCUT2D eigenvalue weighted by Crippen LogP contribution is 2.42. The quantitative estimate of drug-likeness (QED) is 0.169. The van der Waals surface area contributed by atoms with Gasteiger partial charge in [-0.1, -0.05) is 127 Å². The van der Waals surface area contributed by atoms with E-state index in [1.165, 1.54) is 10.8 Å². The predicted molar refractivity (Wildman–Crippen MR) is 242 cm³/mol. The first kappa shape index (κ1) is 34.7. The molecule has 6 nitrogen and oxygen atoms in total. The molecule has 6 heteroatoms. The highest BCUT2D eigenvalue weighted by Gasteiger charge is 2.22. The minimum absolute atomic E-state index is 0.553. The second kappa shape index (κ2) is 14.1. The summed E-state index contributed by atoms with van der Waals surface area (Å²) in [5.41, 5.74) is 13.7. The summed E-state index contributed by atoms with van der Waals surface area (Å²) in [4.78, 5) is 10.3. The largest absolute Gasteiger partial charge is 0.309 e. The third kappa shape index (κ3) is 5.63. The number of nitriles is 2. The Bertz CT molecular complexity index is 3380. The van der Waals surface area contributed by atoms with Crippen LogP contribution in [0.15, 0.2) is 194 Å². The number of nitrogens with zero attached hydrogens (tertiary/aromatic N) is 6. The lowest BCUT2D eigenvalue weighted by Crippen LogP contribution is -2.02. The minimum atomic E-state index is 0.553. The van der Waals surface area contributed by atoms with Crippen molar-refractivity contribution in [3.63, 3.8) is 0 Å². The van der Waals surface area contributed by atoms with Gasteiger partial charge in [0.05, 0.1) is 68.1 Å². The van der Waals surface area contributed by atoms with Crippen molar-refractivity contribution in [1.29, 1.82) is 10.5 Å². The van der Waals surface area contributed by atoms with Crippen molar-refractivity contribution < 1.29 is 0 Å². The van der Waals surface area contributed by atoms with Crippen molar-refractivity contribution in [2.24, 2.45) is 0 Å². The third-order valence-electron chi connectivity index (χ3n) is 11.4. The fraction of sp³-hybridized carbons (Fsp3) is 0. The number of hydrogen-bond acceptors (Lipinski definition) is 4. The van der Waals surface area contributed by atoms with E-state index in [2.05, 4.69) is 130 Å². The van der Waals surface area contributed by atoms with Gasteiger partial charge >= 0.3 is 0 Å². The zero-order valence-electron chi connectivity index (χ0n) is 32.2. The van der Waals surface area contributed by atoms with Crippen molar-refractivity contribution in [2.45, 2.75) is 0 Å². The van der Waals surface area contributed by atoms with Crippen molar-refractivity contribution in [3.8, 4) is 68.5 Å². The van der Waals surface area contributed by atoms with Crippen LogP contribution in [0.3, 0.4) is 0 Å². The van der Waals surface area contributed by atoms with Crippen molar-refractivity contribution in [2.75, 3.05) is 0 Å². The van der Waals surface area contributed by atoms with Crippen LogP contribution in [-0.4, -0.2) is 19.1 Å². The van der Waals surface area contributed by atoms with Gasteiger partial charge in [0.25, 0.3) is 0 Å². The standard InChI is InChI=1S/C54H32N6/c55-33-35-23-27-51-44(29-35)45-30-36(34-56)24-28-52(45)60(51)53-31-39(47-32-46(37-13-3-1-4-14-37)57-54(58-47)38-15-5-2-6-16-38)25-26-43(53)42-19-9-12-22-50(42)59-48-20-10-7-17-40(48)41-18-8-11-21-49(41)59/h1-32H. The summed E-state index contributed by atoms with van der Waals surface area (Å²) in [7, 11) is 0. The lowest BCUT2D eigenvalue weighted by molar-refractivity contribution is 1.15. The number of benzene rings is 8. The second-order valence-electron chi connectivity index (χ2n) is 14.8. The maximum Gasteiger partial charge on any atom is 0.160 e. The van der Waals surface area contributed by atoms with Gasteiger partial charge in [-0.2, -0.15) is 10.5 Å². The average molecular weight is 765 g/mol. The second-order valence-corrected chi connectivity index (χ2v) is 14.8. The molecule has 0 saturated carbocycles. The van der Waals surface area contributed by atoms with E-state index in [9.17, 15) is 10.5 Å². The summed E-state index contributed by atoms with van der Waals surface area (Å²) >= 11 is 0. The molecule has 0 radical (unpaired) electrons. The van der Waals surface area contributed by atoms with Crippen molar-refractivity contribution in [1.82, 2.24) is 19.1 Å². The zero-order chi connectivity index (χ0) is 40.2. The summed E-state index contributed by atoms with van der Waals surface area (Å²) in [5.74, 6) is 0.638. The molecule has 0 aliphatic heterocycles. The number of para-hydroxylation sites is 3. The Morgan fingerprint density at radius 1 is 0.350 bits per heavy atom. The van der Waals surface area contributed by atoms with Gasteiger partial charge in [0.15, 0.2) is 5.82 Å². The number of aromatic nitrogens is 4. The lowest BCUT2D eigenvalue weighted by Gasteiger charge is -2.20. The molecule has 0 amide bonds. The predicted octanol–water partition coefficient (Wildman–Crippen LogP) is 13.1. The third-order valence-corrected chi connectivity index (χ3v) is 11.4. The van der Waals surface area contributed by atoms with Crippen molar-refractivity contribution >= 4 is 43.6 Å². The molecule has 11 aromatic rings. The van der Waals surface area contributed by atoms with Crippen LogP contribution in [0.25, 0.3) is 100 Å². The van der Waals surface area contributed by atoms with Gasteiger partial charge in [-0.05, 0) is 66.7 Å². The molecule has 60 heavy (non-hydrogen) atoms. The molecule has 0 fully saturated rings. The van der Waals surface area contributed by atoms with E-state index in [1.807, 2.05) is 84.9 Å². The maximum absolute atomic E-state index is 10.0. The van der Waals surface area contributed by atoms with Gasteiger partial charge in [-0.25, -0.2) is 9.97 Å². The lowest BCUT2D eigenvalue weighted by atomic mass is 9.97. The van der Waals surface area contributed by atoms with Crippen LogP contribution in [0.4, 0.5) is 0 Å². The first-order valence-electron chi connectivity index (χ1n) is 19.8. The molecule has 278 valence electrons. The summed E-state index contributed by atoms with van der Waals surface area (Å²) in [5, 5.41) is 24.2. The molecule has 0 atom stereocenters. The van der Waals surface area contributed by atoms with Gasteiger partial charge in [-0.15, -0.1) is 0 Å². The van der Waals surface area contributed by atoms with Crippen LogP contribution in [0.2, 0.25) is 0 Å². The highest BCUT2D eigenvalue weighted by molar-refractivity contribution is 6.12. The van der Waals surface area contributed by atoms with Crippen molar-refractivity contribution in [3.05, 3.63) is 205 Å². The first-order chi connectivity index (χ1) is 29.7. The molecule has 8 aromatic carbocycles. The normalized spacial score (nSPS) is 11.3. The Kier molecular flexibility index (Phi) is 8.15. The molecule has 0 bridgehead atoms. The smallest absolute Gasteiger partial charge is 0.160 e. The number of fused-ring (bicyclic) bond motifs is 6. The molecule has 3 heterocycles. The topological polar surface area (TPSA) is 83.2 Å². The Morgan fingerprint density at radius 3 is 1.45 bits per heavy atom. The summed E-state index contributed by atoms with van der Waals surface area (Å²) < 4.78 is 4.64. The van der Waals surface area contributed by atoms with Crippen LogP contribution < -0.4 is 0 Å². The number of hydrogen-bond donors (Lipinski definition) is 0. The summed E-state index contributed by atoms with van der Waals surface area (Å²) in [6.45, 7) is 0. The van der Waals surface area contributed by atoms with Gasteiger partial charge in [0.2, 0.25) is 0 Å². The molecular formula is C54H32N6. The zero-order valence-corrected chi connectivity index (χ0v) is 32.2. The fourth-order valence-electron chi connectivity index (χ4n) is 8.67. The number of rotatable bonds is 6. The maximum atomic E-state index is 10.0. The monoisotopic (exact) mass is 764 g/mol. The summed E-state index contributed by atoms with van der Waals surface area (Å²) in [6.07, 6.45) is 0. The SMILES string of the molecule is N#Cc1ccc2c(c1)c1cc(C#N)ccc1n2-c1cc(-c2cc(-c3ccccc3)nc(-c3ccccc3)n2)ccc1-c1ccccc1-n1c2ccccc2c2ccccc21. The molecule has 0 aliphatic carbocycles. The van der Waals surface area contributed by atoms with E-state index in [-0.39, 0.29) is 0 Å². The van der Waals surface area contributed by atoms with E-state index in [1.54, 1.807) is 0 Å². The summed E-state index contributed by atoms with van der Waals surface area (Å²) in [6, 6.07) is 70.9.